The third kappa shape index (κ3) is 3.71. The summed E-state index contributed by atoms with van der Waals surface area (Å²) in [6, 6.07) is 2.10. The number of thiophene rings is 1. The summed E-state index contributed by atoms with van der Waals surface area (Å²) in [7, 11) is 2.10. The Morgan fingerprint density at radius 1 is 1.00 bits per heavy atom. The molecule has 0 saturated carbocycles. The van der Waals surface area contributed by atoms with Gasteiger partial charge in [-0.3, -0.25) is 0 Å². The van der Waals surface area contributed by atoms with Gasteiger partial charge in [-0.1, -0.05) is 6.92 Å². The Hall–Kier alpha value is -2.47. The highest BCUT2D eigenvalue weighted by molar-refractivity contribution is 7.18. The molecule has 2 aliphatic heterocycles. The van der Waals surface area contributed by atoms with Crippen molar-refractivity contribution in [2.75, 3.05) is 49.6 Å². The molecule has 0 atom stereocenters. The molecule has 0 spiro atoms. The van der Waals surface area contributed by atoms with Gasteiger partial charge in [-0.15, -0.1) is 21.5 Å². The molecule has 166 valence electrons. The minimum Gasteiger partial charge on any atom is -0.347 e. The highest BCUT2D eigenvalue weighted by Gasteiger charge is 2.39. The van der Waals surface area contributed by atoms with E-state index in [1.54, 1.807) is 11.3 Å². The molecule has 0 amide bonds. The molecule has 1 saturated heterocycles. The zero-order valence-electron chi connectivity index (χ0n) is 17.4. The smallest absolute Gasteiger partial charge is 0.347 e. The third-order valence-electron chi connectivity index (χ3n) is 5.85. The largest absolute Gasteiger partial charge is 0.451 e. The Kier molecular flexibility index (Phi) is 5.00. The number of aryl methyl sites for hydroxylation is 1. The lowest BCUT2D eigenvalue weighted by molar-refractivity contribution is -0.147. The fraction of sp³-hybridized carbons (Fsp3) is 0.579. The van der Waals surface area contributed by atoms with Crippen molar-refractivity contribution < 1.29 is 13.2 Å². The van der Waals surface area contributed by atoms with Crippen molar-refractivity contribution >= 4 is 33.3 Å². The van der Waals surface area contributed by atoms with Crippen LogP contribution in [0.25, 0.3) is 10.2 Å². The van der Waals surface area contributed by atoms with Crippen LogP contribution in [0.4, 0.5) is 24.9 Å². The molecular formula is C19H23F3N8S. The normalized spacial score (nSPS) is 18.1. The van der Waals surface area contributed by atoms with Crippen LogP contribution in [0.1, 0.15) is 23.4 Å². The summed E-state index contributed by atoms with van der Waals surface area (Å²) < 4.78 is 40.8. The second-order valence-electron chi connectivity index (χ2n) is 7.93. The number of fused-ring (bicyclic) bond motifs is 2. The standard InChI is InChI=1S/C19H23F3N8S/c1-3-12-10-13-15(23-18(24-16(13)31-12)28-6-4-27(2)5-7-28)29-8-9-30-14(11-29)25-26-17(30)19(20,21)22/h10H,3-9,11H2,1-2H3. The SMILES string of the molecule is CCc1cc2c(N3CCn4c(nnc4C(F)(F)F)C3)nc(N3CCN(C)CC3)nc2s1. The molecule has 0 bridgehead atoms. The number of nitrogens with zero attached hydrogens (tertiary/aromatic N) is 8. The first-order chi connectivity index (χ1) is 14.8. The maximum Gasteiger partial charge on any atom is 0.451 e. The van der Waals surface area contributed by atoms with Crippen LogP contribution in [-0.4, -0.2) is 69.4 Å². The molecule has 0 N–H and O–H groups in total. The minimum absolute atomic E-state index is 0.164. The van der Waals surface area contributed by atoms with Gasteiger partial charge in [0.25, 0.3) is 0 Å². The van der Waals surface area contributed by atoms with Gasteiger partial charge in [-0.2, -0.15) is 18.2 Å². The van der Waals surface area contributed by atoms with E-state index in [2.05, 4.69) is 40.0 Å². The molecule has 1 fully saturated rings. The minimum atomic E-state index is -4.51. The molecule has 0 radical (unpaired) electrons. The van der Waals surface area contributed by atoms with Crippen LogP contribution in [0.5, 0.6) is 0 Å². The second-order valence-corrected chi connectivity index (χ2v) is 9.05. The van der Waals surface area contributed by atoms with E-state index in [1.165, 1.54) is 9.44 Å². The Morgan fingerprint density at radius 2 is 1.74 bits per heavy atom. The van der Waals surface area contributed by atoms with Gasteiger partial charge < -0.3 is 19.3 Å². The monoisotopic (exact) mass is 452 g/mol. The second kappa shape index (κ2) is 7.59. The summed E-state index contributed by atoms with van der Waals surface area (Å²) in [6.45, 7) is 6.46. The number of alkyl halides is 3. The van der Waals surface area contributed by atoms with Gasteiger partial charge >= 0.3 is 6.18 Å². The van der Waals surface area contributed by atoms with E-state index in [1.807, 2.05) is 4.90 Å². The summed E-state index contributed by atoms with van der Waals surface area (Å²) in [6.07, 6.45) is -3.61. The van der Waals surface area contributed by atoms with Crippen molar-refractivity contribution in [2.45, 2.75) is 32.6 Å². The average Bonchev–Trinajstić information content (AvgIpc) is 3.36. The molecule has 31 heavy (non-hydrogen) atoms. The van der Waals surface area contributed by atoms with Crippen molar-refractivity contribution in [2.24, 2.45) is 0 Å². The molecule has 0 unspecified atom stereocenters. The van der Waals surface area contributed by atoms with Gasteiger partial charge in [0.1, 0.15) is 10.6 Å². The van der Waals surface area contributed by atoms with E-state index in [4.69, 9.17) is 9.97 Å². The van der Waals surface area contributed by atoms with Crippen molar-refractivity contribution in [3.63, 3.8) is 0 Å². The zero-order valence-corrected chi connectivity index (χ0v) is 18.2. The van der Waals surface area contributed by atoms with E-state index in [0.717, 1.165) is 48.6 Å². The molecule has 3 aromatic rings. The highest BCUT2D eigenvalue weighted by Crippen LogP contribution is 2.36. The van der Waals surface area contributed by atoms with Gasteiger partial charge in [0.05, 0.1) is 11.9 Å². The molecule has 12 heteroatoms. The molecule has 0 aromatic carbocycles. The molecular weight excluding hydrogens is 429 g/mol. The number of anilines is 2. The fourth-order valence-electron chi connectivity index (χ4n) is 4.06. The number of halogens is 3. The van der Waals surface area contributed by atoms with E-state index < -0.39 is 12.0 Å². The quantitative estimate of drug-likeness (QED) is 0.605. The van der Waals surface area contributed by atoms with Crippen LogP contribution in [0, 0.1) is 0 Å². The summed E-state index contributed by atoms with van der Waals surface area (Å²) in [5.74, 6) is 0.815. The highest BCUT2D eigenvalue weighted by atomic mass is 32.1. The van der Waals surface area contributed by atoms with Gasteiger partial charge in [-0.25, -0.2) is 4.98 Å². The number of rotatable bonds is 3. The van der Waals surface area contributed by atoms with Crippen molar-refractivity contribution in [1.82, 2.24) is 29.6 Å². The summed E-state index contributed by atoms with van der Waals surface area (Å²) in [5, 5.41) is 8.16. The van der Waals surface area contributed by atoms with Crippen LogP contribution >= 0.6 is 11.3 Å². The summed E-state index contributed by atoms with van der Waals surface area (Å²) in [4.78, 5) is 18.3. The number of hydrogen-bond acceptors (Lipinski definition) is 8. The lowest BCUT2D eigenvalue weighted by Gasteiger charge is -2.34. The number of likely N-dealkylation sites (N-methyl/N-ethyl adjacent to an activating group) is 1. The molecule has 5 heterocycles. The Balaban J connectivity index is 1.52. The molecule has 0 aliphatic carbocycles. The lowest BCUT2D eigenvalue weighted by Crippen LogP contribution is -2.45. The van der Waals surface area contributed by atoms with Gasteiger partial charge in [-0.05, 0) is 19.5 Å². The van der Waals surface area contributed by atoms with Gasteiger partial charge in [0.15, 0.2) is 5.82 Å². The van der Waals surface area contributed by atoms with E-state index in [9.17, 15) is 13.2 Å². The average molecular weight is 453 g/mol. The zero-order chi connectivity index (χ0) is 21.8. The van der Waals surface area contributed by atoms with Crippen LogP contribution in [-0.2, 0) is 25.7 Å². The maximum absolute atomic E-state index is 13.2. The van der Waals surface area contributed by atoms with Crippen molar-refractivity contribution in [1.29, 1.82) is 0 Å². The van der Waals surface area contributed by atoms with E-state index in [-0.39, 0.29) is 13.1 Å². The van der Waals surface area contributed by atoms with E-state index >= 15 is 0 Å². The predicted octanol–water partition coefficient (Wildman–Crippen LogP) is 2.64. The van der Waals surface area contributed by atoms with Gasteiger partial charge in [0.2, 0.25) is 11.8 Å². The third-order valence-corrected chi connectivity index (χ3v) is 7.03. The first kappa shape index (κ1) is 20.4. The number of aromatic nitrogens is 5. The number of piperazine rings is 1. The molecule has 3 aromatic heterocycles. The summed E-state index contributed by atoms with van der Waals surface area (Å²) >= 11 is 1.65. The molecule has 5 rings (SSSR count). The van der Waals surface area contributed by atoms with Crippen molar-refractivity contribution in [3.8, 4) is 0 Å². The van der Waals surface area contributed by atoms with Gasteiger partial charge in [0, 0.05) is 44.1 Å². The Labute approximate surface area is 181 Å². The number of hydrogen-bond donors (Lipinski definition) is 0. The first-order valence-corrected chi connectivity index (χ1v) is 11.1. The van der Waals surface area contributed by atoms with Crippen LogP contribution in [0.2, 0.25) is 0 Å². The maximum atomic E-state index is 13.2. The van der Waals surface area contributed by atoms with E-state index in [0.29, 0.717) is 18.3 Å². The van der Waals surface area contributed by atoms with Crippen LogP contribution < -0.4 is 9.80 Å². The topological polar surface area (TPSA) is 66.2 Å². The predicted molar refractivity (Wildman–Crippen MR) is 113 cm³/mol. The lowest BCUT2D eigenvalue weighted by atomic mass is 10.2. The molecule has 2 aliphatic rings. The van der Waals surface area contributed by atoms with Crippen molar-refractivity contribution in [3.05, 3.63) is 22.6 Å². The van der Waals surface area contributed by atoms with Crippen LogP contribution in [0.15, 0.2) is 6.07 Å². The Bertz CT molecular complexity index is 1100. The summed E-state index contributed by atoms with van der Waals surface area (Å²) in [5.41, 5.74) is 0. The molecule has 8 nitrogen and oxygen atoms in total. The first-order valence-electron chi connectivity index (χ1n) is 10.3. The fourth-order valence-corrected chi connectivity index (χ4v) is 5.01. The Morgan fingerprint density at radius 3 is 2.45 bits per heavy atom. The van der Waals surface area contributed by atoms with Crippen LogP contribution in [0.3, 0.4) is 0 Å².